The SMILES string of the molecule is CC(C)(C)OC(=O)CCc1ccc(N)cc1F. The van der Waals surface area contributed by atoms with Crippen molar-refractivity contribution in [3.63, 3.8) is 0 Å². The Morgan fingerprint density at radius 1 is 1.41 bits per heavy atom. The van der Waals surface area contributed by atoms with Gasteiger partial charge >= 0.3 is 5.97 Å². The first-order chi connectivity index (χ1) is 7.78. The number of carbonyl (C=O) groups excluding carboxylic acids is 1. The van der Waals surface area contributed by atoms with Gasteiger partial charge in [0.25, 0.3) is 0 Å². The van der Waals surface area contributed by atoms with E-state index in [1.54, 1.807) is 32.9 Å². The summed E-state index contributed by atoms with van der Waals surface area (Å²) in [6.07, 6.45) is 0.485. The fourth-order valence-electron chi connectivity index (χ4n) is 1.40. The quantitative estimate of drug-likeness (QED) is 0.651. The largest absolute Gasteiger partial charge is 0.460 e. The van der Waals surface area contributed by atoms with Crippen molar-refractivity contribution >= 4 is 11.7 Å². The second-order valence-corrected chi connectivity index (χ2v) is 4.94. The molecule has 1 aromatic rings. The first kappa shape index (κ1) is 13.5. The summed E-state index contributed by atoms with van der Waals surface area (Å²) in [6.45, 7) is 5.40. The highest BCUT2D eigenvalue weighted by atomic mass is 19.1. The van der Waals surface area contributed by atoms with Crippen molar-refractivity contribution in [2.45, 2.75) is 39.2 Å². The minimum Gasteiger partial charge on any atom is -0.460 e. The van der Waals surface area contributed by atoms with Crippen LogP contribution < -0.4 is 5.73 Å². The summed E-state index contributed by atoms with van der Waals surface area (Å²) < 4.78 is 18.5. The maximum absolute atomic E-state index is 13.4. The van der Waals surface area contributed by atoms with Crippen molar-refractivity contribution in [3.05, 3.63) is 29.6 Å². The van der Waals surface area contributed by atoms with Crippen LogP contribution in [-0.2, 0) is 16.0 Å². The Morgan fingerprint density at radius 3 is 2.59 bits per heavy atom. The van der Waals surface area contributed by atoms with Gasteiger partial charge in [0, 0.05) is 12.1 Å². The molecule has 2 N–H and O–H groups in total. The molecule has 94 valence electrons. The number of carbonyl (C=O) groups is 1. The van der Waals surface area contributed by atoms with Crippen molar-refractivity contribution in [1.29, 1.82) is 0 Å². The lowest BCUT2D eigenvalue weighted by Crippen LogP contribution is -2.24. The van der Waals surface area contributed by atoms with Crippen LogP contribution in [0.15, 0.2) is 18.2 Å². The molecule has 1 rings (SSSR count). The maximum atomic E-state index is 13.4. The van der Waals surface area contributed by atoms with Gasteiger partial charge in [0.2, 0.25) is 0 Å². The van der Waals surface area contributed by atoms with E-state index >= 15 is 0 Å². The molecule has 0 aliphatic heterocycles. The highest BCUT2D eigenvalue weighted by Gasteiger charge is 2.16. The minimum atomic E-state index is -0.503. The maximum Gasteiger partial charge on any atom is 0.306 e. The molecular weight excluding hydrogens is 221 g/mol. The van der Waals surface area contributed by atoms with E-state index in [-0.39, 0.29) is 18.2 Å². The van der Waals surface area contributed by atoms with E-state index < -0.39 is 5.60 Å². The first-order valence-corrected chi connectivity index (χ1v) is 5.54. The van der Waals surface area contributed by atoms with Crippen molar-refractivity contribution in [2.75, 3.05) is 5.73 Å². The number of nitrogen functional groups attached to an aromatic ring is 1. The van der Waals surface area contributed by atoms with Crippen molar-refractivity contribution in [2.24, 2.45) is 0 Å². The number of benzene rings is 1. The standard InChI is InChI=1S/C13H18FNO2/c1-13(2,3)17-12(16)7-5-9-4-6-10(15)8-11(9)14/h4,6,8H,5,7,15H2,1-3H3. The molecule has 0 aromatic heterocycles. The number of ether oxygens (including phenoxy) is 1. The smallest absolute Gasteiger partial charge is 0.306 e. The minimum absolute atomic E-state index is 0.165. The molecule has 0 spiro atoms. The summed E-state index contributed by atoms with van der Waals surface area (Å²) in [4.78, 5) is 11.4. The second kappa shape index (κ2) is 5.17. The summed E-state index contributed by atoms with van der Waals surface area (Å²) in [5, 5.41) is 0. The topological polar surface area (TPSA) is 52.3 Å². The van der Waals surface area contributed by atoms with Gasteiger partial charge in [-0.15, -0.1) is 0 Å². The van der Waals surface area contributed by atoms with Crippen LogP contribution in [0.1, 0.15) is 32.8 Å². The van der Waals surface area contributed by atoms with Crippen LogP contribution in [-0.4, -0.2) is 11.6 Å². The van der Waals surface area contributed by atoms with E-state index in [2.05, 4.69) is 0 Å². The molecule has 0 heterocycles. The Kier molecular flexibility index (Phi) is 4.10. The van der Waals surface area contributed by atoms with E-state index in [9.17, 15) is 9.18 Å². The van der Waals surface area contributed by atoms with Crippen LogP contribution in [0.3, 0.4) is 0 Å². The first-order valence-electron chi connectivity index (χ1n) is 5.54. The van der Waals surface area contributed by atoms with Crippen molar-refractivity contribution < 1.29 is 13.9 Å². The summed E-state index contributed by atoms with van der Waals surface area (Å²) in [7, 11) is 0. The van der Waals surface area contributed by atoms with Gasteiger partial charge in [0.1, 0.15) is 11.4 Å². The van der Waals surface area contributed by atoms with Crippen molar-refractivity contribution in [3.8, 4) is 0 Å². The molecule has 3 nitrogen and oxygen atoms in total. The van der Waals surface area contributed by atoms with Crippen LogP contribution >= 0.6 is 0 Å². The molecule has 1 aromatic carbocycles. The van der Waals surface area contributed by atoms with Gasteiger partial charge in [-0.3, -0.25) is 4.79 Å². The van der Waals surface area contributed by atoms with Crippen LogP contribution in [0, 0.1) is 5.82 Å². The van der Waals surface area contributed by atoms with Gasteiger partial charge in [0.15, 0.2) is 0 Å². The van der Waals surface area contributed by atoms with Gasteiger partial charge in [0.05, 0.1) is 0 Å². The summed E-state index contributed by atoms with van der Waals surface area (Å²) >= 11 is 0. The molecule has 0 atom stereocenters. The average Bonchev–Trinajstić information content (AvgIpc) is 2.13. The van der Waals surface area contributed by atoms with E-state index in [4.69, 9.17) is 10.5 Å². The lowest BCUT2D eigenvalue weighted by molar-refractivity contribution is -0.154. The molecule has 4 heteroatoms. The highest BCUT2D eigenvalue weighted by Crippen LogP contribution is 2.15. The Hall–Kier alpha value is -1.58. The zero-order valence-electron chi connectivity index (χ0n) is 10.4. The van der Waals surface area contributed by atoms with Gasteiger partial charge in [-0.25, -0.2) is 4.39 Å². The Bertz CT molecular complexity index is 410. The fraction of sp³-hybridized carbons (Fsp3) is 0.462. The third-order valence-electron chi connectivity index (χ3n) is 2.10. The predicted molar refractivity (Wildman–Crippen MR) is 65.0 cm³/mol. The second-order valence-electron chi connectivity index (χ2n) is 4.94. The van der Waals surface area contributed by atoms with Gasteiger partial charge in [-0.1, -0.05) is 6.07 Å². The number of hydrogen-bond acceptors (Lipinski definition) is 3. The number of aryl methyl sites for hydroxylation is 1. The Morgan fingerprint density at radius 2 is 2.06 bits per heavy atom. The molecule has 0 saturated heterocycles. The zero-order chi connectivity index (χ0) is 13.1. The third-order valence-corrected chi connectivity index (χ3v) is 2.10. The molecule has 0 radical (unpaired) electrons. The molecule has 0 unspecified atom stereocenters. The molecule has 0 aliphatic rings. The molecule has 17 heavy (non-hydrogen) atoms. The van der Waals surface area contributed by atoms with Crippen LogP contribution in [0.25, 0.3) is 0 Å². The molecule has 0 amide bonds. The van der Waals surface area contributed by atoms with E-state index in [1.807, 2.05) is 0 Å². The van der Waals surface area contributed by atoms with E-state index in [1.165, 1.54) is 6.07 Å². The molecule has 0 aliphatic carbocycles. The fourth-order valence-corrected chi connectivity index (χ4v) is 1.40. The molecule has 0 saturated carbocycles. The van der Waals surface area contributed by atoms with Crippen LogP contribution in [0.5, 0.6) is 0 Å². The van der Waals surface area contributed by atoms with E-state index in [0.717, 1.165) is 0 Å². The molecule has 0 fully saturated rings. The van der Waals surface area contributed by atoms with E-state index in [0.29, 0.717) is 17.7 Å². The number of nitrogens with two attached hydrogens (primary N) is 1. The number of rotatable bonds is 3. The monoisotopic (exact) mass is 239 g/mol. The predicted octanol–water partition coefficient (Wildman–Crippen LogP) is 2.68. The number of anilines is 1. The lowest BCUT2D eigenvalue weighted by atomic mass is 10.1. The van der Waals surface area contributed by atoms with Gasteiger partial charge < -0.3 is 10.5 Å². The normalized spacial score (nSPS) is 11.3. The molecule has 0 bridgehead atoms. The number of esters is 1. The number of hydrogen-bond donors (Lipinski definition) is 1. The summed E-state index contributed by atoms with van der Waals surface area (Å²) in [5.41, 5.74) is 5.79. The Balaban J connectivity index is 2.53. The molecular formula is C13H18FNO2. The number of halogens is 1. The highest BCUT2D eigenvalue weighted by molar-refractivity contribution is 5.70. The zero-order valence-corrected chi connectivity index (χ0v) is 10.4. The summed E-state index contributed by atoms with van der Waals surface area (Å²) in [5.74, 6) is -0.706. The summed E-state index contributed by atoms with van der Waals surface area (Å²) in [6, 6.07) is 4.47. The lowest BCUT2D eigenvalue weighted by Gasteiger charge is -2.19. The van der Waals surface area contributed by atoms with Crippen molar-refractivity contribution in [1.82, 2.24) is 0 Å². The van der Waals surface area contributed by atoms with Gasteiger partial charge in [-0.2, -0.15) is 0 Å². The Labute approximate surface area is 101 Å². The van der Waals surface area contributed by atoms with Crippen LogP contribution in [0.4, 0.5) is 10.1 Å². The third kappa shape index (κ3) is 4.85. The van der Waals surface area contributed by atoms with Gasteiger partial charge in [-0.05, 0) is 44.9 Å². The van der Waals surface area contributed by atoms with Crippen LogP contribution in [0.2, 0.25) is 0 Å². The average molecular weight is 239 g/mol.